The van der Waals surface area contributed by atoms with Crippen LogP contribution in [0.2, 0.25) is 0 Å². The molecule has 5 atom stereocenters. The second kappa shape index (κ2) is 10.8. The molecule has 2 fully saturated rings. The van der Waals surface area contributed by atoms with E-state index in [1.807, 2.05) is 19.9 Å². The Bertz CT molecular complexity index is 1630. The van der Waals surface area contributed by atoms with Crippen LogP contribution in [-0.2, 0) is 22.4 Å². The number of rotatable bonds is 9. The van der Waals surface area contributed by atoms with Gasteiger partial charge in [-0.25, -0.2) is 4.79 Å². The number of fused-ring (bicyclic) bond motifs is 3. The predicted octanol–water partition coefficient (Wildman–Crippen LogP) is 6.95. The van der Waals surface area contributed by atoms with Crippen LogP contribution in [-0.4, -0.2) is 55.6 Å². The first-order valence-electron chi connectivity index (χ1n) is 16.6. The summed E-state index contributed by atoms with van der Waals surface area (Å²) in [4.78, 5) is 26.5. The minimum absolute atomic E-state index is 0.0571. The van der Waals surface area contributed by atoms with Crippen LogP contribution >= 0.6 is 0 Å². The lowest BCUT2D eigenvalue weighted by molar-refractivity contribution is -0.144. The summed E-state index contributed by atoms with van der Waals surface area (Å²) < 4.78 is 20.5. The SMILES string of the molecule is CC(C)=CCC/C(C)=C/Cc1c(O)c2c(c3c1OC(C(C)(C)O)C3)O[C@]13C(=C[C@@H]4CC1C(C)(C)O[C@@]3(C/C=C(/C)C(=O)O)C4)C2=O. The molecule has 3 heterocycles. The van der Waals surface area contributed by atoms with Gasteiger partial charge in [0.2, 0.25) is 0 Å². The lowest BCUT2D eigenvalue weighted by Crippen LogP contribution is -2.68. The molecule has 46 heavy (non-hydrogen) atoms. The van der Waals surface area contributed by atoms with Crippen molar-refractivity contribution in [2.45, 2.75) is 129 Å². The van der Waals surface area contributed by atoms with Gasteiger partial charge >= 0.3 is 5.97 Å². The van der Waals surface area contributed by atoms with Gasteiger partial charge in [0, 0.05) is 34.6 Å². The zero-order valence-electron chi connectivity index (χ0n) is 28.4. The van der Waals surface area contributed by atoms with Crippen molar-refractivity contribution in [1.82, 2.24) is 0 Å². The summed E-state index contributed by atoms with van der Waals surface area (Å²) in [6.07, 6.45) is 11.5. The van der Waals surface area contributed by atoms with Crippen LogP contribution in [0.3, 0.4) is 0 Å². The zero-order valence-corrected chi connectivity index (χ0v) is 28.4. The monoisotopic (exact) mass is 632 g/mol. The van der Waals surface area contributed by atoms with Crippen LogP contribution in [0.4, 0.5) is 0 Å². The summed E-state index contributed by atoms with van der Waals surface area (Å²) in [5.41, 5.74) is 0.479. The Balaban J connectivity index is 1.51. The minimum atomic E-state index is -1.19. The molecule has 1 aromatic carbocycles. The van der Waals surface area contributed by atoms with E-state index in [0.717, 1.165) is 24.8 Å². The summed E-state index contributed by atoms with van der Waals surface area (Å²) in [5.74, 6) is -0.795. The van der Waals surface area contributed by atoms with E-state index < -0.39 is 34.5 Å². The molecule has 3 aliphatic heterocycles. The third-order valence-electron chi connectivity index (χ3n) is 11.0. The van der Waals surface area contributed by atoms with Gasteiger partial charge in [0.1, 0.15) is 34.5 Å². The lowest BCUT2D eigenvalue weighted by atomic mass is 9.51. The fourth-order valence-corrected chi connectivity index (χ4v) is 8.64. The molecule has 248 valence electrons. The minimum Gasteiger partial charge on any atom is -0.507 e. The molecule has 7 rings (SSSR count). The van der Waals surface area contributed by atoms with E-state index in [2.05, 4.69) is 32.9 Å². The van der Waals surface area contributed by atoms with Crippen molar-refractivity contribution in [3.63, 3.8) is 0 Å². The molecule has 0 amide bonds. The first-order valence-corrected chi connectivity index (χ1v) is 16.6. The molecule has 2 unspecified atom stereocenters. The molecular weight excluding hydrogens is 584 g/mol. The highest BCUT2D eigenvalue weighted by molar-refractivity contribution is 6.16. The number of hydrogen-bond acceptors (Lipinski definition) is 7. The highest BCUT2D eigenvalue weighted by Gasteiger charge is 2.77. The predicted molar refractivity (Wildman–Crippen MR) is 175 cm³/mol. The molecule has 1 saturated carbocycles. The number of ether oxygens (including phenoxy) is 3. The zero-order chi connectivity index (χ0) is 33.6. The largest absolute Gasteiger partial charge is 0.507 e. The summed E-state index contributed by atoms with van der Waals surface area (Å²) in [6, 6.07) is 0. The topological polar surface area (TPSA) is 123 Å². The van der Waals surface area contributed by atoms with Crippen LogP contribution in [0.1, 0.15) is 109 Å². The highest BCUT2D eigenvalue weighted by Crippen LogP contribution is 2.70. The third-order valence-corrected chi connectivity index (χ3v) is 11.0. The molecule has 3 N–H and O–H groups in total. The van der Waals surface area contributed by atoms with Crippen molar-refractivity contribution < 1.29 is 39.1 Å². The maximum atomic E-state index is 14.8. The number of carboxylic acid groups (broad SMARTS) is 1. The van der Waals surface area contributed by atoms with E-state index in [1.54, 1.807) is 26.8 Å². The molecule has 1 aromatic rings. The van der Waals surface area contributed by atoms with E-state index in [0.29, 0.717) is 47.5 Å². The van der Waals surface area contributed by atoms with E-state index in [1.165, 1.54) is 5.57 Å². The summed E-state index contributed by atoms with van der Waals surface area (Å²) >= 11 is 0. The lowest BCUT2D eigenvalue weighted by Gasteiger charge is -2.57. The number of carbonyl (C=O) groups excluding carboxylic acids is 1. The van der Waals surface area contributed by atoms with Gasteiger partial charge in [0.15, 0.2) is 11.4 Å². The number of allylic oxidation sites excluding steroid dienone is 5. The van der Waals surface area contributed by atoms with Crippen molar-refractivity contribution in [2.75, 3.05) is 0 Å². The van der Waals surface area contributed by atoms with Crippen molar-refractivity contribution in [3.05, 3.63) is 63.3 Å². The average molecular weight is 633 g/mol. The summed E-state index contributed by atoms with van der Waals surface area (Å²) in [6.45, 7) is 15.2. The van der Waals surface area contributed by atoms with E-state index in [9.17, 15) is 24.9 Å². The van der Waals surface area contributed by atoms with E-state index in [-0.39, 0.29) is 40.9 Å². The maximum Gasteiger partial charge on any atom is 0.330 e. The first kappa shape index (κ1) is 32.6. The summed E-state index contributed by atoms with van der Waals surface area (Å²) in [7, 11) is 0. The number of aliphatic carboxylic acids is 1. The van der Waals surface area contributed by atoms with Crippen LogP contribution in [0.5, 0.6) is 17.2 Å². The van der Waals surface area contributed by atoms with Crippen LogP contribution in [0.15, 0.2) is 46.6 Å². The molecule has 8 heteroatoms. The van der Waals surface area contributed by atoms with Crippen LogP contribution in [0, 0.1) is 11.8 Å². The molecule has 1 spiro atoms. The van der Waals surface area contributed by atoms with Gasteiger partial charge in [-0.2, -0.15) is 0 Å². The Morgan fingerprint density at radius 3 is 2.48 bits per heavy atom. The third kappa shape index (κ3) is 4.86. The molecule has 0 aromatic heterocycles. The number of aromatic hydroxyl groups is 1. The molecule has 1 saturated heterocycles. The summed E-state index contributed by atoms with van der Waals surface area (Å²) in [5, 5.41) is 32.6. The van der Waals surface area contributed by atoms with Crippen LogP contribution < -0.4 is 9.47 Å². The van der Waals surface area contributed by atoms with Gasteiger partial charge in [0.05, 0.1) is 11.2 Å². The van der Waals surface area contributed by atoms with Gasteiger partial charge < -0.3 is 29.5 Å². The van der Waals surface area contributed by atoms with Crippen molar-refractivity contribution >= 4 is 11.8 Å². The Morgan fingerprint density at radius 1 is 1.11 bits per heavy atom. The highest BCUT2D eigenvalue weighted by atomic mass is 16.6. The molecule has 3 aliphatic carbocycles. The maximum absolute atomic E-state index is 14.8. The van der Waals surface area contributed by atoms with Crippen molar-refractivity contribution in [3.8, 4) is 17.2 Å². The Labute approximate surface area is 271 Å². The molecule has 6 aliphatic rings. The molecule has 0 radical (unpaired) electrons. The number of ketones is 1. The second-order valence-electron chi connectivity index (χ2n) is 15.5. The van der Waals surface area contributed by atoms with Gasteiger partial charge in [-0.1, -0.05) is 35.5 Å². The van der Waals surface area contributed by atoms with Crippen LogP contribution in [0.25, 0.3) is 0 Å². The number of Topliss-reactive ketones (excluding diaryl/α,β-unsaturated/α-hetero) is 1. The normalized spacial score (nSPS) is 30.6. The second-order valence-corrected chi connectivity index (χ2v) is 15.5. The fraction of sp³-hybridized carbons (Fsp3) is 0.579. The van der Waals surface area contributed by atoms with E-state index >= 15 is 0 Å². The number of phenolic OH excluding ortho intramolecular Hbond substituents is 1. The number of phenols is 1. The van der Waals surface area contributed by atoms with E-state index in [4.69, 9.17) is 14.2 Å². The van der Waals surface area contributed by atoms with Gasteiger partial charge in [-0.05, 0) is 99.8 Å². The Hall–Kier alpha value is -3.36. The molecule has 4 bridgehead atoms. The smallest absolute Gasteiger partial charge is 0.330 e. The number of aliphatic hydroxyl groups is 1. The average Bonchev–Trinajstić information content (AvgIpc) is 3.45. The van der Waals surface area contributed by atoms with Crippen molar-refractivity contribution in [1.29, 1.82) is 0 Å². The number of carbonyl (C=O) groups is 2. The van der Waals surface area contributed by atoms with Gasteiger partial charge in [-0.3, -0.25) is 4.79 Å². The fourth-order valence-electron chi connectivity index (χ4n) is 8.64. The first-order chi connectivity index (χ1) is 21.4. The Kier molecular flexibility index (Phi) is 7.68. The Morgan fingerprint density at radius 2 is 1.83 bits per heavy atom. The standard InChI is InChI=1S/C38H48O8/c1-20(2)10-9-11-21(3)12-13-24-30(39)29-31(40)26-16-23-17-27-36(7,8)46-37(19-23,15-14-22(4)34(41)42)38(26,27)45-33(29)25-18-28(35(5,6)43)44-32(24)25/h10,12,14,16,23,27-28,39,43H,9,11,13,15,17-19H2,1-8H3,(H,41,42)/b21-12+,22-14-/t23-,27?,28?,37+,38-/m1/s1. The van der Waals surface area contributed by atoms with Gasteiger partial charge in [0.25, 0.3) is 0 Å². The number of benzene rings is 1. The van der Waals surface area contributed by atoms with Crippen molar-refractivity contribution in [2.24, 2.45) is 11.8 Å². The van der Waals surface area contributed by atoms with Gasteiger partial charge in [-0.15, -0.1) is 0 Å². The number of hydrogen-bond donors (Lipinski definition) is 3. The quantitative estimate of drug-likeness (QED) is 0.198. The molecule has 8 nitrogen and oxygen atoms in total. The molecular formula is C38H48O8. The number of carboxylic acids is 1.